The second-order valence-corrected chi connectivity index (χ2v) is 7.60. The van der Waals surface area contributed by atoms with Gasteiger partial charge in [-0.3, -0.25) is 14.6 Å². The maximum absolute atomic E-state index is 12.8. The van der Waals surface area contributed by atoms with Gasteiger partial charge in [-0.1, -0.05) is 53.5 Å². The number of benzene rings is 2. The summed E-state index contributed by atoms with van der Waals surface area (Å²) in [5.74, 6) is 0.219. The predicted molar refractivity (Wildman–Crippen MR) is 114 cm³/mol. The number of fused-ring (bicyclic) bond motifs is 1. The molecule has 0 bridgehead atoms. The van der Waals surface area contributed by atoms with Crippen LogP contribution in [0.3, 0.4) is 0 Å². The second-order valence-electron chi connectivity index (χ2n) is 6.78. The number of nitrogens with zero attached hydrogens (tertiary/aromatic N) is 2. The van der Waals surface area contributed by atoms with Gasteiger partial charge in [-0.15, -0.1) is 0 Å². The summed E-state index contributed by atoms with van der Waals surface area (Å²) in [5.41, 5.74) is 2.57. The van der Waals surface area contributed by atoms with Crippen LogP contribution in [-0.2, 0) is 19.5 Å². The lowest BCUT2D eigenvalue weighted by atomic mass is 10.1. The number of H-pyrrole nitrogens is 1. The Bertz CT molecular complexity index is 1120. The highest BCUT2D eigenvalue weighted by molar-refractivity contribution is 6.42. The van der Waals surface area contributed by atoms with E-state index in [1.165, 1.54) is 0 Å². The molecule has 1 aromatic heterocycles. The highest BCUT2D eigenvalue weighted by atomic mass is 35.5. The zero-order valence-electron chi connectivity index (χ0n) is 15.4. The van der Waals surface area contributed by atoms with Crippen molar-refractivity contribution in [2.75, 3.05) is 11.9 Å². The second kappa shape index (κ2) is 8.27. The van der Waals surface area contributed by atoms with Crippen molar-refractivity contribution in [2.45, 2.75) is 19.5 Å². The molecule has 0 spiro atoms. The monoisotopic (exact) mass is 428 g/mol. The van der Waals surface area contributed by atoms with Gasteiger partial charge in [-0.2, -0.15) is 0 Å². The Morgan fingerprint density at radius 3 is 2.69 bits per heavy atom. The minimum Gasteiger partial charge on any atom is -0.352 e. The molecule has 1 aliphatic heterocycles. The van der Waals surface area contributed by atoms with Crippen LogP contribution in [0, 0.1) is 0 Å². The van der Waals surface area contributed by atoms with E-state index in [1.807, 2.05) is 30.3 Å². The van der Waals surface area contributed by atoms with Crippen LogP contribution in [0.25, 0.3) is 0 Å². The average Bonchev–Trinajstić information content (AvgIpc) is 2.74. The Labute approximate surface area is 177 Å². The van der Waals surface area contributed by atoms with Crippen LogP contribution in [0.4, 0.5) is 5.95 Å². The van der Waals surface area contributed by atoms with Crippen molar-refractivity contribution in [1.29, 1.82) is 0 Å². The molecular weight excluding hydrogens is 411 g/mol. The lowest BCUT2D eigenvalue weighted by Gasteiger charge is -2.28. The fraction of sp³-hybridized carbons (Fsp3) is 0.190. The van der Waals surface area contributed by atoms with Gasteiger partial charge in [0.1, 0.15) is 0 Å². The maximum atomic E-state index is 12.8. The number of hydrogen-bond acceptors (Lipinski definition) is 4. The molecule has 6 nitrogen and oxygen atoms in total. The van der Waals surface area contributed by atoms with Gasteiger partial charge in [0.25, 0.3) is 11.5 Å². The average molecular weight is 429 g/mol. The number of carbonyl (C=O) groups excluding carboxylic acids is 1. The summed E-state index contributed by atoms with van der Waals surface area (Å²) in [6.07, 6.45) is 0.448. The summed E-state index contributed by atoms with van der Waals surface area (Å²) >= 11 is 12.0. The molecule has 0 saturated carbocycles. The third kappa shape index (κ3) is 4.28. The number of carbonyl (C=O) groups is 1. The largest absolute Gasteiger partial charge is 0.352 e. The van der Waals surface area contributed by atoms with Crippen molar-refractivity contribution in [3.63, 3.8) is 0 Å². The molecule has 148 valence electrons. The van der Waals surface area contributed by atoms with Crippen molar-refractivity contribution in [1.82, 2.24) is 14.9 Å². The van der Waals surface area contributed by atoms with Gasteiger partial charge in [-0.05, 0) is 30.2 Å². The number of amides is 1. The molecule has 1 amide bonds. The molecule has 0 aliphatic carbocycles. The first-order chi connectivity index (χ1) is 14.0. The van der Waals surface area contributed by atoms with Crippen molar-refractivity contribution < 1.29 is 4.79 Å². The Hall–Kier alpha value is -2.83. The first-order valence-corrected chi connectivity index (χ1v) is 9.91. The summed E-state index contributed by atoms with van der Waals surface area (Å²) in [5, 5.41) is 3.87. The van der Waals surface area contributed by atoms with Gasteiger partial charge in [0.2, 0.25) is 5.95 Å². The van der Waals surface area contributed by atoms with Crippen LogP contribution < -0.4 is 10.9 Å². The standard InChI is InChI=1S/C21H18Cl2N4O2/c22-16-7-6-14(10-17(16)23)20(29)27-9-8-15-18(12-27)25-21(26-19(15)28)24-11-13-4-2-1-3-5-13/h1-7,10H,8-9,11-12H2,(H2,24,25,26,28). The van der Waals surface area contributed by atoms with Gasteiger partial charge in [0.15, 0.2) is 0 Å². The molecule has 8 heteroatoms. The molecule has 0 saturated heterocycles. The first-order valence-electron chi connectivity index (χ1n) is 9.15. The number of rotatable bonds is 4. The number of hydrogen-bond donors (Lipinski definition) is 2. The van der Waals surface area contributed by atoms with E-state index in [-0.39, 0.29) is 18.0 Å². The Morgan fingerprint density at radius 2 is 1.93 bits per heavy atom. The maximum Gasteiger partial charge on any atom is 0.255 e. The van der Waals surface area contributed by atoms with Crippen LogP contribution in [-0.4, -0.2) is 27.3 Å². The molecule has 0 atom stereocenters. The summed E-state index contributed by atoms with van der Waals surface area (Å²) in [6.45, 7) is 1.24. The topological polar surface area (TPSA) is 78.1 Å². The number of aromatic amines is 1. The van der Waals surface area contributed by atoms with E-state index < -0.39 is 0 Å². The lowest BCUT2D eigenvalue weighted by Crippen LogP contribution is -2.39. The van der Waals surface area contributed by atoms with Crippen LogP contribution in [0.5, 0.6) is 0 Å². The summed E-state index contributed by atoms with van der Waals surface area (Å²) in [7, 11) is 0. The van der Waals surface area contributed by atoms with Crippen molar-refractivity contribution in [3.05, 3.63) is 91.3 Å². The summed E-state index contributed by atoms with van der Waals surface area (Å²) < 4.78 is 0. The number of halogens is 2. The normalized spacial score (nSPS) is 13.1. The van der Waals surface area contributed by atoms with Crippen LogP contribution in [0.15, 0.2) is 53.3 Å². The van der Waals surface area contributed by atoms with E-state index in [2.05, 4.69) is 15.3 Å². The lowest BCUT2D eigenvalue weighted by molar-refractivity contribution is 0.0731. The molecule has 2 aromatic carbocycles. The minimum absolute atomic E-state index is 0.171. The molecule has 4 rings (SSSR count). The molecule has 0 unspecified atom stereocenters. The Kier molecular flexibility index (Phi) is 5.56. The minimum atomic E-state index is -0.174. The van der Waals surface area contributed by atoms with Crippen LogP contribution in [0.2, 0.25) is 10.0 Å². The third-order valence-electron chi connectivity index (χ3n) is 4.83. The Balaban J connectivity index is 1.53. The summed E-state index contributed by atoms with van der Waals surface area (Å²) in [4.78, 5) is 34.3. The SMILES string of the molecule is O=C(c1ccc(Cl)c(Cl)c1)N1CCc2c(nc(NCc3ccccc3)[nH]c2=O)C1. The molecule has 2 heterocycles. The zero-order chi connectivity index (χ0) is 20.4. The predicted octanol–water partition coefficient (Wildman–Crippen LogP) is 3.89. The van der Waals surface area contributed by atoms with E-state index in [0.29, 0.717) is 52.3 Å². The zero-order valence-corrected chi connectivity index (χ0v) is 16.9. The van der Waals surface area contributed by atoms with E-state index >= 15 is 0 Å². The number of aromatic nitrogens is 2. The first kappa shape index (κ1) is 19.5. The van der Waals surface area contributed by atoms with Gasteiger partial charge in [0, 0.05) is 24.2 Å². The smallest absolute Gasteiger partial charge is 0.255 e. The third-order valence-corrected chi connectivity index (χ3v) is 5.57. The number of anilines is 1. The van der Waals surface area contributed by atoms with Gasteiger partial charge in [0.05, 0.1) is 22.3 Å². The molecule has 2 N–H and O–H groups in total. The van der Waals surface area contributed by atoms with Crippen molar-refractivity contribution >= 4 is 35.1 Å². The van der Waals surface area contributed by atoms with E-state index in [1.54, 1.807) is 23.1 Å². The molecule has 29 heavy (non-hydrogen) atoms. The Morgan fingerprint density at radius 1 is 1.14 bits per heavy atom. The molecule has 0 radical (unpaired) electrons. The van der Waals surface area contributed by atoms with Crippen molar-refractivity contribution in [2.24, 2.45) is 0 Å². The van der Waals surface area contributed by atoms with Gasteiger partial charge >= 0.3 is 0 Å². The molecular formula is C21H18Cl2N4O2. The highest BCUT2D eigenvalue weighted by Gasteiger charge is 2.25. The van der Waals surface area contributed by atoms with E-state index in [0.717, 1.165) is 5.56 Å². The van der Waals surface area contributed by atoms with Gasteiger partial charge < -0.3 is 10.2 Å². The fourth-order valence-electron chi connectivity index (χ4n) is 3.29. The van der Waals surface area contributed by atoms with Crippen LogP contribution >= 0.6 is 23.2 Å². The highest BCUT2D eigenvalue weighted by Crippen LogP contribution is 2.24. The quantitative estimate of drug-likeness (QED) is 0.660. The molecule has 0 fully saturated rings. The van der Waals surface area contributed by atoms with Crippen molar-refractivity contribution in [3.8, 4) is 0 Å². The summed E-state index contributed by atoms with van der Waals surface area (Å²) in [6, 6.07) is 14.6. The molecule has 3 aromatic rings. The molecule has 1 aliphatic rings. The van der Waals surface area contributed by atoms with Gasteiger partial charge in [-0.25, -0.2) is 4.98 Å². The van der Waals surface area contributed by atoms with E-state index in [4.69, 9.17) is 23.2 Å². The van der Waals surface area contributed by atoms with Crippen LogP contribution in [0.1, 0.15) is 27.2 Å². The van der Waals surface area contributed by atoms with E-state index in [9.17, 15) is 9.59 Å². The number of nitrogens with one attached hydrogen (secondary N) is 2. The fourth-order valence-corrected chi connectivity index (χ4v) is 3.59.